The molecule has 0 unspecified atom stereocenters. The van der Waals surface area contributed by atoms with Crippen LogP contribution >= 0.6 is 0 Å². The van der Waals surface area contributed by atoms with E-state index in [0.29, 0.717) is 28.3 Å². The van der Waals surface area contributed by atoms with Crippen molar-refractivity contribution in [1.82, 2.24) is 19.7 Å². The summed E-state index contributed by atoms with van der Waals surface area (Å²) < 4.78 is 25.5. The molecular weight excluding hydrogens is 467 g/mol. The lowest BCUT2D eigenvalue weighted by Crippen LogP contribution is -2.46. The average molecular weight is 490 g/mol. The second-order valence-electron chi connectivity index (χ2n) is 7.79. The lowest BCUT2D eigenvalue weighted by molar-refractivity contribution is 0.0941. The van der Waals surface area contributed by atoms with Crippen LogP contribution in [0, 0.1) is 5.82 Å². The number of aromatic nitrogens is 3. The maximum absolute atomic E-state index is 13.3. The van der Waals surface area contributed by atoms with Gasteiger partial charge in [-0.15, -0.1) is 0 Å². The van der Waals surface area contributed by atoms with Crippen molar-refractivity contribution < 1.29 is 18.7 Å². The number of hydrogen-bond donors (Lipinski definition) is 1. The molecule has 10 heteroatoms. The zero-order valence-electron chi connectivity index (χ0n) is 19.6. The Bertz CT molecular complexity index is 1500. The summed E-state index contributed by atoms with van der Waals surface area (Å²) in [5, 5.41) is 6.70. The molecule has 0 spiro atoms. The minimum absolute atomic E-state index is 0.0395. The van der Waals surface area contributed by atoms with Gasteiger partial charge in [0.15, 0.2) is 0 Å². The number of methoxy groups -OCH3 is 2. The van der Waals surface area contributed by atoms with Gasteiger partial charge in [-0.25, -0.2) is 9.18 Å². The van der Waals surface area contributed by atoms with Crippen molar-refractivity contribution in [2.45, 2.75) is 13.1 Å². The van der Waals surface area contributed by atoms with Crippen molar-refractivity contribution in [2.24, 2.45) is 0 Å². The van der Waals surface area contributed by atoms with E-state index in [9.17, 15) is 18.8 Å². The van der Waals surface area contributed by atoms with E-state index in [4.69, 9.17) is 9.47 Å². The molecule has 0 aliphatic carbocycles. The van der Waals surface area contributed by atoms with Crippen LogP contribution in [0.5, 0.6) is 11.5 Å². The van der Waals surface area contributed by atoms with E-state index in [-0.39, 0.29) is 13.1 Å². The Balaban J connectivity index is 1.76. The third-order valence-electron chi connectivity index (χ3n) is 5.43. The zero-order valence-corrected chi connectivity index (χ0v) is 19.6. The minimum atomic E-state index is -0.843. The predicted octanol–water partition coefficient (Wildman–Crippen LogP) is 2.53. The highest BCUT2D eigenvalue weighted by Gasteiger charge is 2.20. The number of rotatable bonds is 8. The zero-order chi connectivity index (χ0) is 25.7. The largest absolute Gasteiger partial charge is 0.497 e. The van der Waals surface area contributed by atoms with Gasteiger partial charge in [0, 0.05) is 6.54 Å². The van der Waals surface area contributed by atoms with Gasteiger partial charge in [0.25, 0.3) is 11.5 Å². The molecule has 0 radical (unpaired) electrons. The first-order valence-corrected chi connectivity index (χ1v) is 10.9. The lowest BCUT2D eigenvalue weighted by Gasteiger charge is -2.13. The standard InChI is InChI=1S/C26H23FN4O5/c1-35-21-12-10-20(11-13-21)31-26(34)30(16-18-4-3-5-22(14-18)36-2)25(33)23(29-31)24(32)28-15-17-6-8-19(27)9-7-17/h3-14H,15-16H2,1-2H3,(H,28,32). The minimum Gasteiger partial charge on any atom is -0.497 e. The fourth-order valence-electron chi connectivity index (χ4n) is 3.51. The number of nitrogens with zero attached hydrogens (tertiary/aromatic N) is 3. The fraction of sp³-hybridized carbons (Fsp3) is 0.154. The number of carbonyl (C=O) groups is 1. The van der Waals surface area contributed by atoms with Crippen LogP contribution in [0.2, 0.25) is 0 Å². The normalized spacial score (nSPS) is 10.6. The Hall–Kier alpha value is -4.73. The third kappa shape index (κ3) is 5.33. The van der Waals surface area contributed by atoms with Crippen LogP contribution in [0.25, 0.3) is 5.69 Å². The summed E-state index contributed by atoms with van der Waals surface area (Å²) in [6.45, 7) is -0.0659. The molecule has 9 nitrogen and oxygen atoms in total. The summed E-state index contributed by atoms with van der Waals surface area (Å²) in [4.78, 5) is 39.6. The SMILES string of the molecule is COc1ccc(-n2nc(C(=O)NCc3ccc(F)cc3)c(=O)n(Cc3cccc(OC)c3)c2=O)cc1. The molecule has 0 saturated heterocycles. The second kappa shape index (κ2) is 10.7. The molecule has 1 aromatic heterocycles. The van der Waals surface area contributed by atoms with Crippen molar-refractivity contribution in [2.75, 3.05) is 14.2 Å². The molecule has 0 atom stereocenters. The second-order valence-corrected chi connectivity index (χ2v) is 7.79. The van der Waals surface area contributed by atoms with E-state index in [1.165, 1.54) is 38.5 Å². The monoisotopic (exact) mass is 490 g/mol. The van der Waals surface area contributed by atoms with Crippen LogP contribution < -0.4 is 26.0 Å². The first-order valence-electron chi connectivity index (χ1n) is 10.9. The Morgan fingerprint density at radius 1 is 0.917 bits per heavy atom. The van der Waals surface area contributed by atoms with Crippen LogP contribution in [-0.4, -0.2) is 34.5 Å². The van der Waals surface area contributed by atoms with E-state index in [0.717, 1.165) is 9.25 Å². The molecule has 4 aromatic rings. The molecule has 1 N–H and O–H groups in total. The van der Waals surface area contributed by atoms with Gasteiger partial charge in [-0.05, 0) is 59.7 Å². The number of carbonyl (C=O) groups excluding carboxylic acids is 1. The van der Waals surface area contributed by atoms with E-state index in [1.54, 1.807) is 48.5 Å². The molecule has 0 bridgehead atoms. The van der Waals surface area contributed by atoms with Gasteiger partial charge in [-0.3, -0.25) is 14.2 Å². The molecule has 1 amide bonds. The van der Waals surface area contributed by atoms with Crippen LogP contribution in [0.15, 0.2) is 82.4 Å². The van der Waals surface area contributed by atoms with Gasteiger partial charge in [0.1, 0.15) is 17.3 Å². The quantitative estimate of drug-likeness (QED) is 0.407. The number of halogens is 1. The van der Waals surface area contributed by atoms with Gasteiger partial charge in [0.05, 0.1) is 26.5 Å². The molecular formula is C26H23FN4O5. The highest BCUT2D eigenvalue weighted by atomic mass is 19.1. The van der Waals surface area contributed by atoms with Crippen molar-refractivity contribution in [1.29, 1.82) is 0 Å². The molecule has 36 heavy (non-hydrogen) atoms. The number of ether oxygens (including phenoxy) is 2. The van der Waals surface area contributed by atoms with Crippen LogP contribution in [-0.2, 0) is 13.1 Å². The van der Waals surface area contributed by atoms with Crippen molar-refractivity contribution in [3.63, 3.8) is 0 Å². The van der Waals surface area contributed by atoms with Crippen LogP contribution in [0.4, 0.5) is 4.39 Å². The maximum Gasteiger partial charge on any atom is 0.352 e. The molecule has 0 fully saturated rings. The third-order valence-corrected chi connectivity index (χ3v) is 5.43. The highest BCUT2D eigenvalue weighted by Crippen LogP contribution is 2.14. The summed E-state index contributed by atoms with van der Waals surface area (Å²) in [6.07, 6.45) is 0. The number of nitrogens with one attached hydrogen (secondary N) is 1. The van der Waals surface area contributed by atoms with Crippen LogP contribution in [0.1, 0.15) is 21.6 Å². The van der Waals surface area contributed by atoms with Crippen LogP contribution in [0.3, 0.4) is 0 Å². The summed E-state index contributed by atoms with van der Waals surface area (Å²) in [6, 6.07) is 18.9. The Morgan fingerprint density at radius 2 is 1.61 bits per heavy atom. The molecule has 3 aromatic carbocycles. The summed E-state index contributed by atoms with van der Waals surface area (Å²) in [7, 11) is 3.02. The molecule has 0 aliphatic heterocycles. The predicted molar refractivity (Wildman–Crippen MR) is 130 cm³/mol. The van der Waals surface area contributed by atoms with Gasteiger partial charge in [0.2, 0.25) is 5.69 Å². The Morgan fingerprint density at radius 3 is 2.28 bits per heavy atom. The van der Waals surface area contributed by atoms with Gasteiger partial charge in [-0.1, -0.05) is 24.3 Å². The maximum atomic E-state index is 13.3. The average Bonchev–Trinajstić information content (AvgIpc) is 2.91. The summed E-state index contributed by atoms with van der Waals surface area (Å²) in [5.41, 5.74) is -0.431. The Labute approximate surface area is 205 Å². The van der Waals surface area contributed by atoms with E-state index in [1.807, 2.05) is 0 Å². The molecule has 1 heterocycles. The first-order chi connectivity index (χ1) is 17.4. The van der Waals surface area contributed by atoms with Crippen molar-refractivity contribution >= 4 is 5.91 Å². The smallest absolute Gasteiger partial charge is 0.352 e. The number of amides is 1. The van der Waals surface area contributed by atoms with E-state index < -0.39 is 28.7 Å². The van der Waals surface area contributed by atoms with E-state index >= 15 is 0 Å². The number of hydrogen-bond acceptors (Lipinski definition) is 6. The van der Waals surface area contributed by atoms with Gasteiger partial charge in [-0.2, -0.15) is 9.78 Å². The topological polar surface area (TPSA) is 104 Å². The van der Waals surface area contributed by atoms with Crippen molar-refractivity contribution in [3.05, 3.63) is 116 Å². The van der Waals surface area contributed by atoms with Gasteiger partial charge < -0.3 is 14.8 Å². The molecule has 184 valence electrons. The van der Waals surface area contributed by atoms with E-state index in [2.05, 4.69) is 10.4 Å². The Kier molecular flexibility index (Phi) is 7.24. The summed E-state index contributed by atoms with van der Waals surface area (Å²) >= 11 is 0. The fourth-order valence-corrected chi connectivity index (χ4v) is 3.51. The molecule has 0 saturated carbocycles. The summed E-state index contributed by atoms with van der Waals surface area (Å²) in [5.74, 6) is -0.0548. The van der Waals surface area contributed by atoms with Crippen molar-refractivity contribution in [3.8, 4) is 17.2 Å². The lowest BCUT2D eigenvalue weighted by atomic mass is 10.2. The molecule has 0 aliphatic rings. The highest BCUT2D eigenvalue weighted by molar-refractivity contribution is 5.91. The van der Waals surface area contributed by atoms with Gasteiger partial charge >= 0.3 is 5.69 Å². The first kappa shape index (κ1) is 24.4. The molecule has 4 rings (SSSR count). The number of benzene rings is 3.